The summed E-state index contributed by atoms with van der Waals surface area (Å²) in [5.74, 6) is 0.127. The van der Waals surface area contributed by atoms with Crippen LogP contribution in [0, 0.1) is 16.2 Å². The minimum atomic E-state index is -0.144. The molecule has 0 N–H and O–H groups in total. The zero-order chi connectivity index (χ0) is 12.6. The summed E-state index contributed by atoms with van der Waals surface area (Å²) in [6.45, 7) is 6.65. The van der Waals surface area contributed by atoms with E-state index in [1.165, 1.54) is 31.3 Å². The molecule has 0 radical (unpaired) electrons. The SMILES string of the molecule is C=C1C2(CCCC)C[C@@H]3OC(=O)[C@]24CCCCC134. The molecule has 18 heavy (non-hydrogen) atoms. The fourth-order valence-corrected chi connectivity index (χ4v) is 6.14. The lowest BCUT2D eigenvalue weighted by Gasteiger charge is -2.64. The van der Waals surface area contributed by atoms with Crippen molar-refractivity contribution in [2.45, 2.75) is 64.4 Å². The van der Waals surface area contributed by atoms with Crippen LogP contribution in [0.2, 0.25) is 0 Å². The van der Waals surface area contributed by atoms with Crippen LogP contribution < -0.4 is 0 Å². The van der Waals surface area contributed by atoms with Gasteiger partial charge in [0, 0.05) is 10.8 Å². The van der Waals surface area contributed by atoms with Crippen LogP contribution in [0.15, 0.2) is 12.2 Å². The highest BCUT2D eigenvalue weighted by Gasteiger charge is 2.90. The lowest BCUT2D eigenvalue weighted by atomic mass is 9.35. The summed E-state index contributed by atoms with van der Waals surface area (Å²) < 4.78 is 5.72. The average molecular weight is 246 g/mol. The van der Waals surface area contributed by atoms with Crippen molar-refractivity contribution in [3.8, 4) is 0 Å². The summed E-state index contributed by atoms with van der Waals surface area (Å²) in [7, 11) is 0. The highest BCUT2D eigenvalue weighted by molar-refractivity contribution is 5.89. The van der Waals surface area contributed by atoms with Gasteiger partial charge in [-0.3, -0.25) is 4.79 Å². The van der Waals surface area contributed by atoms with E-state index in [9.17, 15) is 4.79 Å². The monoisotopic (exact) mass is 246 g/mol. The van der Waals surface area contributed by atoms with Gasteiger partial charge in [-0.1, -0.05) is 44.8 Å². The lowest BCUT2D eigenvalue weighted by molar-refractivity contribution is -0.174. The van der Waals surface area contributed by atoms with E-state index in [0.717, 1.165) is 25.7 Å². The van der Waals surface area contributed by atoms with Gasteiger partial charge in [0.2, 0.25) is 0 Å². The van der Waals surface area contributed by atoms with Gasteiger partial charge in [-0.15, -0.1) is 0 Å². The Hall–Kier alpha value is -0.790. The minimum Gasteiger partial charge on any atom is -0.461 e. The first-order chi connectivity index (χ1) is 8.66. The van der Waals surface area contributed by atoms with E-state index in [4.69, 9.17) is 4.74 Å². The average Bonchev–Trinajstić information content (AvgIpc) is 2.88. The van der Waals surface area contributed by atoms with Crippen molar-refractivity contribution in [1.29, 1.82) is 0 Å². The van der Waals surface area contributed by atoms with Gasteiger partial charge in [0.25, 0.3) is 0 Å². The van der Waals surface area contributed by atoms with E-state index in [0.29, 0.717) is 0 Å². The second-order valence-electron chi connectivity index (χ2n) is 6.85. The molecule has 4 bridgehead atoms. The maximum atomic E-state index is 12.5. The van der Waals surface area contributed by atoms with Crippen LogP contribution in [0.4, 0.5) is 0 Å². The first-order valence-corrected chi connectivity index (χ1v) is 7.57. The summed E-state index contributed by atoms with van der Waals surface area (Å²) >= 11 is 0. The van der Waals surface area contributed by atoms with Gasteiger partial charge in [-0.05, 0) is 25.7 Å². The fourth-order valence-electron chi connectivity index (χ4n) is 6.14. The summed E-state index contributed by atoms with van der Waals surface area (Å²) in [5.41, 5.74) is 1.44. The van der Waals surface area contributed by atoms with E-state index >= 15 is 0 Å². The van der Waals surface area contributed by atoms with Crippen molar-refractivity contribution in [3.63, 3.8) is 0 Å². The molecule has 5 fully saturated rings. The van der Waals surface area contributed by atoms with Gasteiger partial charge in [0.15, 0.2) is 0 Å². The zero-order valence-corrected chi connectivity index (χ0v) is 11.3. The Balaban J connectivity index is 1.84. The quantitative estimate of drug-likeness (QED) is 0.561. The molecule has 5 aliphatic rings. The van der Waals surface area contributed by atoms with Gasteiger partial charge in [0.05, 0.1) is 5.41 Å². The van der Waals surface area contributed by atoms with Gasteiger partial charge < -0.3 is 4.74 Å². The highest BCUT2D eigenvalue weighted by atomic mass is 16.6. The van der Waals surface area contributed by atoms with Gasteiger partial charge in [-0.25, -0.2) is 0 Å². The van der Waals surface area contributed by atoms with Crippen LogP contribution in [-0.2, 0) is 9.53 Å². The van der Waals surface area contributed by atoms with Gasteiger partial charge in [-0.2, -0.15) is 0 Å². The standard InChI is InChI=1S/C16H22O2/c1-3-4-7-14-10-12-15(11(14)2)8-5-6-9-16(14,15)13(17)18-12/h12H,2-10H2,1H3/t12-,14?,15?,16+/m0/s1. The molecule has 0 amide bonds. The Bertz CT molecular complexity index is 454. The maximum absolute atomic E-state index is 12.5. The fraction of sp³-hybridized carbons (Fsp3) is 0.812. The number of carbonyl (C=O) groups excluding carboxylic acids is 1. The second kappa shape index (κ2) is 3.02. The number of rotatable bonds is 3. The Morgan fingerprint density at radius 2 is 2.17 bits per heavy atom. The molecule has 1 spiro atoms. The minimum absolute atomic E-state index is 0.0656. The van der Waals surface area contributed by atoms with E-state index in [1.54, 1.807) is 0 Å². The van der Waals surface area contributed by atoms with Crippen molar-refractivity contribution in [2.75, 3.05) is 0 Å². The molecule has 0 aromatic carbocycles. The Morgan fingerprint density at radius 1 is 1.39 bits per heavy atom. The largest absolute Gasteiger partial charge is 0.461 e. The van der Waals surface area contributed by atoms with E-state index < -0.39 is 0 Å². The molecule has 98 valence electrons. The van der Waals surface area contributed by atoms with Gasteiger partial charge in [0.1, 0.15) is 6.10 Å². The second-order valence-corrected chi connectivity index (χ2v) is 6.85. The Kier molecular flexibility index (Phi) is 1.86. The summed E-state index contributed by atoms with van der Waals surface area (Å²) in [4.78, 5) is 12.5. The molecule has 2 unspecified atom stereocenters. The molecule has 4 saturated carbocycles. The van der Waals surface area contributed by atoms with Crippen molar-refractivity contribution in [1.82, 2.24) is 0 Å². The van der Waals surface area contributed by atoms with E-state index in [1.807, 2.05) is 0 Å². The van der Waals surface area contributed by atoms with Crippen molar-refractivity contribution in [3.05, 3.63) is 12.2 Å². The predicted molar refractivity (Wildman–Crippen MR) is 68.9 cm³/mol. The van der Waals surface area contributed by atoms with Crippen LogP contribution in [0.5, 0.6) is 0 Å². The normalized spacial score (nSPS) is 51.9. The van der Waals surface area contributed by atoms with Crippen LogP contribution in [0.1, 0.15) is 58.3 Å². The third-order valence-electron chi connectivity index (χ3n) is 6.71. The molecule has 0 aromatic rings. The van der Waals surface area contributed by atoms with Crippen LogP contribution >= 0.6 is 0 Å². The van der Waals surface area contributed by atoms with Crippen molar-refractivity contribution >= 4 is 5.97 Å². The third kappa shape index (κ3) is 0.745. The zero-order valence-electron chi connectivity index (χ0n) is 11.3. The molecule has 5 rings (SSSR count). The number of unbranched alkanes of at least 4 members (excludes halogenated alkanes) is 1. The molecule has 1 aliphatic heterocycles. The first kappa shape index (κ1) is 11.1. The topological polar surface area (TPSA) is 26.3 Å². The van der Waals surface area contributed by atoms with Crippen molar-refractivity contribution in [2.24, 2.45) is 16.2 Å². The highest BCUT2D eigenvalue weighted by Crippen LogP contribution is 2.89. The van der Waals surface area contributed by atoms with Gasteiger partial charge >= 0.3 is 5.97 Å². The van der Waals surface area contributed by atoms with Crippen LogP contribution in [-0.4, -0.2) is 12.1 Å². The van der Waals surface area contributed by atoms with E-state index in [-0.39, 0.29) is 28.3 Å². The molecule has 0 aromatic heterocycles. The predicted octanol–water partition coefficient (Wildman–Crippen LogP) is 3.61. The number of hydrogen-bond acceptors (Lipinski definition) is 2. The third-order valence-corrected chi connectivity index (χ3v) is 6.71. The molecule has 4 aliphatic carbocycles. The number of esters is 1. The summed E-state index contributed by atoms with van der Waals surface area (Å²) in [5, 5.41) is 0. The Morgan fingerprint density at radius 3 is 2.94 bits per heavy atom. The maximum Gasteiger partial charge on any atom is 0.314 e. The Labute approximate surface area is 109 Å². The smallest absolute Gasteiger partial charge is 0.314 e. The first-order valence-electron chi connectivity index (χ1n) is 7.57. The molecular formula is C16H22O2. The molecule has 4 atom stereocenters. The number of ether oxygens (including phenoxy) is 1. The van der Waals surface area contributed by atoms with E-state index in [2.05, 4.69) is 13.5 Å². The van der Waals surface area contributed by atoms with Crippen LogP contribution in [0.25, 0.3) is 0 Å². The number of hydrogen-bond donors (Lipinski definition) is 0. The summed E-state index contributed by atoms with van der Waals surface area (Å²) in [6.07, 6.45) is 9.50. The number of carbonyl (C=O) groups is 1. The summed E-state index contributed by atoms with van der Waals surface area (Å²) in [6, 6.07) is 0. The molecule has 2 nitrogen and oxygen atoms in total. The molecular weight excluding hydrogens is 224 g/mol. The van der Waals surface area contributed by atoms with Crippen molar-refractivity contribution < 1.29 is 9.53 Å². The molecule has 2 heteroatoms. The molecule has 1 saturated heterocycles. The molecule has 1 heterocycles. The van der Waals surface area contributed by atoms with Crippen LogP contribution in [0.3, 0.4) is 0 Å². The lowest BCUT2D eigenvalue weighted by Crippen LogP contribution is -2.64.